The van der Waals surface area contributed by atoms with Gasteiger partial charge in [0, 0.05) is 22.5 Å². The number of anilines is 2. The van der Waals surface area contributed by atoms with Crippen LogP contribution in [0.3, 0.4) is 0 Å². The Morgan fingerprint density at radius 2 is 1.50 bits per heavy atom. The summed E-state index contributed by atoms with van der Waals surface area (Å²) in [6, 6.07) is 4.94. The van der Waals surface area contributed by atoms with Crippen molar-refractivity contribution in [1.82, 2.24) is 5.32 Å². The molecular weight excluding hydrogens is 226 g/mol. The largest absolute Gasteiger partial charge is 0.399 e. The number of amides is 1. The molecule has 0 unspecified atom stereocenters. The van der Waals surface area contributed by atoms with Crippen LogP contribution in [-0.4, -0.2) is 11.4 Å². The van der Waals surface area contributed by atoms with E-state index < -0.39 is 0 Å². The molecule has 1 rings (SSSR count). The van der Waals surface area contributed by atoms with E-state index in [1.165, 1.54) is 0 Å². The Kier molecular flexibility index (Phi) is 4.59. The number of nitrogen functional groups attached to an aromatic ring is 2. The van der Waals surface area contributed by atoms with Gasteiger partial charge >= 0.3 is 0 Å². The van der Waals surface area contributed by atoms with Gasteiger partial charge in [-0.25, -0.2) is 0 Å². The minimum Gasteiger partial charge on any atom is -0.399 e. The van der Waals surface area contributed by atoms with E-state index in [0.717, 1.165) is 19.3 Å². The van der Waals surface area contributed by atoms with Gasteiger partial charge in [0.2, 0.25) is 0 Å². The fourth-order valence-electron chi connectivity index (χ4n) is 2.14. The summed E-state index contributed by atoms with van der Waals surface area (Å²) in [6.45, 7) is 6.25. The zero-order valence-electron chi connectivity index (χ0n) is 11.4. The van der Waals surface area contributed by atoms with E-state index in [0.29, 0.717) is 16.9 Å². The molecule has 0 spiro atoms. The maximum atomic E-state index is 12.2. The first-order valence-corrected chi connectivity index (χ1v) is 6.45. The molecule has 4 nitrogen and oxygen atoms in total. The first-order valence-electron chi connectivity index (χ1n) is 6.45. The summed E-state index contributed by atoms with van der Waals surface area (Å²) >= 11 is 0. The molecule has 0 aliphatic rings. The molecule has 1 amide bonds. The number of hydrogen-bond donors (Lipinski definition) is 3. The van der Waals surface area contributed by atoms with Crippen LogP contribution in [0.2, 0.25) is 0 Å². The first kappa shape index (κ1) is 14.4. The monoisotopic (exact) mass is 249 g/mol. The molecule has 0 heterocycles. The van der Waals surface area contributed by atoms with Gasteiger partial charge in [-0.1, -0.05) is 20.8 Å². The Balaban J connectivity index is 2.94. The first-order chi connectivity index (χ1) is 8.46. The normalized spacial score (nSPS) is 11.3. The van der Waals surface area contributed by atoms with Crippen molar-refractivity contribution in [2.24, 2.45) is 0 Å². The number of nitrogens with one attached hydrogen (secondary N) is 1. The summed E-state index contributed by atoms with van der Waals surface area (Å²) in [6.07, 6.45) is 2.72. The molecule has 4 heteroatoms. The molecule has 1 aromatic rings. The van der Waals surface area contributed by atoms with Gasteiger partial charge < -0.3 is 16.8 Å². The third-order valence-electron chi connectivity index (χ3n) is 3.65. The predicted octanol–water partition coefficient (Wildman–Crippen LogP) is 2.55. The SMILES string of the molecule is CCC(CC)(CC)NC(=O)c1cc(N)cc(N)c1. The lowest BCUT2D eigenvalue weighted by atomic mass is 9.89. The van der Waals surface area contributed by atoms with Crippen molar-refractivity contribution in [2.75, 3.05) is 11.5 Å². The van der Waals surface area contributed by atoms with E-state index >= 15 is 0 Å². The smallest absolute Gasteiger partial charge is 0.251 e. The standard InChI is InChI=1S/C14H23N3O/c1-4-14(5-2,6-3)17-13(18)10-7-11(15)9-12(16)8-10/h7-9H,4-6,15-16H2,1-3H3,(H,17,18). The molecule has 100 valence electrons. The van der Waals surface area contributed by atoms with Crippen molar-refractivity contribution < 1.29 is 4.79 Å². The Labute approximate surface area is 109 Å². The molecule has 0 aromatic heterocycles. The van der Waals surface area contributed by atoms with Crippen molar-refractivity contribution in [2.45, 2.75) is 45.6 Å². The van der Waals surface area contributed by atoms with E-state index in [1.807, 2.05) is 0 Å². The van der Waals surface area contributed by atoms with Gasteiger partial charge in [-0.3, -0.25) is 4.79 Å². The van der Waals surface area contributed by atoms with Gasteiger partial charge in [-0.2, -0.15) is 0 Å². The number of carbonyl (C=O) groups is 1. The minimum absolute atomic E-state index is 0.112. The highest BCUT2D eigenvalue weighted by molar-refractivity contribution is 5.96. The van der Waals surface area contributed by atoms with Gasteiger partial charge in [0.1, 0.15) is 0 Å². The highest BCUT2D eigenvalue weighted by Gasteiger charge is 2.26. The van der Waals surface area contributed by atoms with E-state index in [1.54, 1.807) is 18.2 Å². The van der Waals surface area contributed by atoms with Crippen LogP contribution in [0, 0.1) is 0 Å². The summed E-state index contributed by atoms with van der Waals surface area (Å²) in [5.74, 6) is -0.112. The molecule has 5 N–H and O–H groups in total. The molecule has 0 aliphatic heterocycles. The maximum Gasteiger partial charge on any atom is 0.251 e. The van der Waals surface area contributed by atoms with E-state index in [2.05, 4.69) is 26.1 Å². The Morgan fingerprint density at radius 1 is 1.06 bits per heavy atom. The van der Waals surface area contributed by atoms with Crippen LogP contribution in [0.4, 0.5) is 11.4 Å². The van der Waals surface area contributed by atoms with Gasteiger partial charge in [0.25, 0.3) is 5.91 Å². The van der Waals surface area contributed by atoms with Crippen molar-refractivity contribution >= 4 is 17.3 Å². The lowest BCUT2D eigenvalue weighted by molar-refractivity contribution is 0.0888. The summed E-state index contributed by atoms with van der Waals surface area (Å²) in [5, 5.41) is 3.10. The molecule has 0 saturated heterocycles. The second-order valence-electron chi connectivity index (χ2n) is 4.68. The number of benzene rings is 1. The lowest BCUT2D eigenvalue weighted by Crippen LogP contribution is -2.47. The highest BCUT2D eigenvalue weighted by Crippen LogP contribution is 2.21. The van der Waals surface area contributed by atoms with E-state index in [-0.39, 0.29) is 11.4 Å². The second kappa shape index (κ2) is 5.76. The molecule has 0 fully saturated rings. The summed E-state index contributed by atoms with van der Waals surface area (Å²) < 4.78 is 0. The summed E-state index contributed by atoms with van der Waals surface area (Å²) in [5.41, 5.74) is 12.8. The van der Waals surface area contributed by atoms with Crippen LogP contribution in [0.5, 0.6) is 0 Å². The minimum atomic E-state index is -0.142. The Morgan fingerprint density at radius 3 is 1.89 bits per heavy atom. The van der Waals surface area contributed by atoms with E-state index in [9.17, 15) is 4.79 Å². The third-order valence-corrected chi connectivity index (χ3v) is 3.65. The maximum absolute atomic E-state index is 12.2. The molecule has 0 radical (unpaired) electrons. The van der Waals surface area contributed by atoms with Crippen molar-refractivity contribution in [3.63, 3.8) is 0 Å². The molecule has 0 bridgehead atoms. The number of hydrogen-bond acceptors (Lipinski definition) is 3. The zero-order valence-corrected chi connectivity index (χ0v) is 11.4. The quantitative estimate of drug-likeness (QED) is 0.701. The third kappa shape index (κ3) is 3.15. The number of carbonyl (C=O) groups excluding carboxylic acids is 1. The molecule has 0 saturated carbocycles. The second-order valence-corrected chi connectivity index (χ2v) is 4.68. The molecule has 0 atom stereocenters. The van der Waals surface area contributed by atoms with Crippen molar-refractivity contribution in [3.05, 3.63) is 23.8 Å². The van der Waals surface area contributed by atoms with Gasteiger partial charge in [-0.05, 0) is 37.5 Å². The van der Waals surface area contributed by atoms with Crippen LogP contribution >= 0.6 is 0 Å². The van der Waals surface area contributed by atoms with Crippen LogP contribution < -0.4 is 16.8 Å². The lowest BCUT2D eigenvalue weighted by Gasteiger charge is -2.31. The summed E-state index contributed by atoms with van der Waals surface area (Å²) in [4.78, 5) is 12.2. The van der Waals surface area contributed by atoms with E-state index in [4.69, 9.17) is 11.5 Å². The fraction of sp³-hybridized carbons (Fsp3) is 0.500. The molecular formula is C14H23N3O. The van der Waals surface area contributed by atoms with Crippen LogP contribution in [0.25, 0.3) is 0 Å². The molecule has 1 aromatic carbocycles. The van der Waals surface area contributed by atoms with Gasteiger partial charge in [0.15, 0.2) is 0 Å². The molecule has 0 aliphatic carbocycles. The zero-order chi connectivity index (χ0) is 13.8. The topological polar surface area (TPSA) is 81.1 Å². The van der Waals surface area contributed by atoms with Gasteiger partial charge in [0.05, 0.1) is 0 Å². The van der Waals surface area contributed by atoms with Crippen LogP contribution in [0.1, 0.15) is 50.4 Å². The average Bonchev–Trinajstić information content (AvgIpc) is 2.35. The number of rotatable bonds is 5. The Bertz CT molecular complexity index is 397. The fourth-order valence-corrected chi connectivity index (χ4v) is 2.14. The molecule has 18 heavy (non-hydrogen) atoms. The van der Waals surface area contributed by atoms with Crippen molar-refractivity contribution in [3.8, 4) is 0 Å². The van der Waals surface area contributed by atoms with Gasteiger partial charge in [-0.15, -0.1) is 0 Å². The average molecular weight is 249 g/mol. The highest BCUT2D eigenvalue weighted by atomic mass is 16.1. The Hall–Kier alpha value is -1.71. The predicted molar refractivity (Wildman–Crippen MR) is 76.3 cm³/mol. The van der Waals surface area contributed by atoms with Crippen molar-refractivity contribution in [1.29, 1.82) is 0 Å². The van der Waals surface area contributed by atoms with Crippen LogP contribution in [0.15, 0.2) is 18.2 Å². The number of nitrogens with two attached hydrogens (primary N) is 2. The van der Waals surface area contributed by atoms with Crippen LogP contribution in [-0.2, 0) is 0 Å². The summed E-state index contributed by atoms with van der Waals surface area (Å²) in [7, 11) is 0.